The van der Waals surface area contributed by atoms with Crippen molar-refractivity contribution in [2.45, 2.75) is 19.4 Å². The molecule has 0 bridgehead atoms. The number of para-hydroxylation sites is 1. The van der Waals surface area contributed by atoms with Gasteiger partial charge in [-0.2, -0.15) is 0 Å². The number of hydrogen-bond acceptors (Lipinski definition) is 4. The molecule has 23 heavy (non-hydrogen) atoms. The second-order valence-corrected chi connectivity index (χ2v) is 5.00. The van der Waals surface area contributed by atoms with Gasteiger partial charge in [0.2, 0.25) is 5.91 Å². The van der Waals surface area contributed by atoms with Gasteiger partial charge in [-0.1, -0.05) is 24.3 Å². The minimum atomic E-state index is -1.31. The van der Waals surface area contributed by atoms with Crippen LogP contribution in [0.4, 0.5) is 0 Å². The molecule has 0 radical (unpaired) electrons. The van der Waals surface area contributed by atoms with Gasteiger partial charge in [0.05, 0.1) is 11.9 Å². The van der Waals surface area contributed by atoms with Crippen LogP contribution in [0, 0.1) is 0 Å². The van der Waals surface area contributed by atoms with E-state index in [1.807, 2.05) is 12.1 Å². The van der Waals surface area contributed by atoms with Gasteiger partial charge >= 0.3 is 5.97 Å². The van der Waals surface area contributed by atoms with Crippen molar-refractivity contribution in [1.82, 2.24) is 9.88 Å². The molecule has 0 aliphatic heterocycles. The molecule has 0 unspecified atom stereocenters. The minimum Gasteiger partial charge on any atom is -0.480 e. The Labute approximate surface area is 132 Å². The van der Waals surface area contributed by atoms with Crippen LogP contribution in [-0.4, -0.2) is 45.4 Å². The van der Waals surface area contributed by atoms with E-state index in [-0.39, 0.29) is 12.2 Å². The highest BCUT2D eigenvalue weighted by molar-refractivity contribution is 5.97. The molecule has 1 heterocycles. The van der Waals surface area contributed by atoms with Crippen LogP contribution in [0.3, 0.4) is 0 Å². The van der Waals surface area contributed by atoms with Gasteiger partial charge in [-0.25, -0.2) is 9.78 Å². The number of aliphatic carboxylic acids is 1. The highest BCUT2D eigenvalue weighted by Gasteiger charge is 2.31. The van der Waals surface area contributed by atoms with E-state index in [0.717, 1.165) is 10.3 Å². The van der Waals surface area contributed by atoms with Crippen LogP contribution in [0.5, 0.6) is 0 Å². The first-order chi connectivity index (χ1) is 10.9. The zero-order valence-electron chi connectivity index (χ0n) is 12.6. The largest absolute Gasteiger partial charge is 0.480 e. The molecular weight excluding hydrogens is 298 g/mol. The Hall–Kier alpha value is -2.96. The number of pyridine rings is 1. The number of hydrogen-bond donors (Lipinski definition) is 2. The highest BCUT2D eigenvalue weighted by Crippen LogP contribution is 2.15. The van der Waals surface area contributed by atoms with Crippen LogP contribution in [0.1, 0.15) is 23.8 Å². The molecule has 0 spiro atoms. The van der Waals surface area contributed by atoms with Gasteiger partial charge in [0.25, 0.3) is 5.91 Å². The van der Waals surface area contributed by atoms with E-state index in [9.17, 15) is 19.5 Å². The monoisotopic (exact) mass is 315 g/mol. The van der Waals surface area contributed by atoms with Crippen molar-refractivity contribution in [2.24, 2.45) is 5.73 Å². The summed E-state index contributed by atoms with van der Waals surface area (Å²) in [4.78, 5) is 40.4. The molecule has 2 rings (SSSR count). The average Bonchev–Trinajstić information content (AvgIpc) is 2.53. The number of nitrogens with two attached hydrogens (primary N) is 1. The van der Waals surface area contributed by atoms with E-state index in [1.165, 1.54) is 6.07 Å². The van der Waals surface area contributed by atoms with Crippen LogP contribution in [-0.2, 0) is 9.59 Å². The number of nitrogens with zero attached hydrogens (tertiary/aromatic N) is 2. The highest BCUT2D eigenvalue weighted by atomic mass is 16.4. The van der Waals surface area contributed by atoms with Crippen molar-refractivity contribution in [3.8, 4) is 0 Å². The maximum atomic E-state index is 12.6. The molecule has 7 heteroatoms. The minimum absolute atomic E-state index is 0.123. The van der Waals surface area contributed by atoms with Gasteiger partial charge in [0.15, 0.2) is 0 Å². The fourth-order valence-electron chi connectivity index (χ4n) is 2.36. The third kappa shape index (κ3) is 3.63. The lowest BCUT2D eigenvalue weighted by Crippen LogP contribution is -2.47. The maximum Gasteiger partial charge on any atom is 0.326 e. The molecule has 2 aromatic rings. The van der Waals surface area contributed by atoms with Crippen molar-refractivity contribution in [1.29, 1.82) is 0 Å². The van der Waals surface area contributed by atoms with Crippen LogP contribution >= 0.6 is 0 Å². The van der Waals surface area contributed by atoms with Gasteiger partial charge < -0.3 is 15.7 Å². The number of carbonyl (C=O) groups is 3. The Bertz CT molecular complexity index is 760. The molecule has 0 aliphatic carbocycles. The number of likely N-dealkylation sites (N-methyl/N-ethyl adjacent to an activating group) is 1. The fourth-order valence-corrected chi connectivity index (χ4v) is 2.36. The number of primary amides is 1. The number of carboxylic acids is 1. The molecule has 120 valence electrons. The normalized spacial score (nSPS) is 11.9. The van der Waals surface area contributed by atoms with Gasteiger partial charge in [0, 0.05) is 11.9 Å². The molecule has 0 saturated heterocycles. The third-order valence-electron chi connectivity index (χ3n) is 3.47. The zero-order valence-corrected chi connectivity index (χ0v) is 12.6. The van der Waals surface area contributed by atoms with Crippen molar-refractivity contribution in [2.75, 3.05) is 6.54 Å². The first-order valence-corrected chi connectivity index (χ1v) is 7.12. The second kappa shape index (κ2) is 6.87. The Morgan fingerprint density at radius 2 is 1.91 bits per heavy atom. The Morgan fingerprint density at radius 1 is 1.22 bits per heavy atom. The van der Waals surface area contributed by atoms with E-state index in [1.54, 1.807) is 25.1 Å². The Morgan fingerprint density at radius 3 is 2.52 bits per heavy atom. The summed E-state index contributed by atoms with van der Waals surface area (Å²) < 4.78 is 0. The summed E-state index contributed by atoms with van der Waals surface area (Å²) in [5, 5.41) is 10.1. The molecular formula is C16H17N3O4. The number of carbonyl (C=O) groups excluding carboxylic acids is 2. The SMILES string of the molecule is CCN(C(=O)c1ccc2ccccc2n1)[C@@H](CC(N)=O)C(=O)O. The number of amides is 2. The molecule has 0 saturated carbocycles. The van der Waals surface area contributed by atoms with Crippen molar-refractivity contribution < 1.29 is 19.5 Å². The van der Waals surface area contributed by atoms with Gasteiger partial charge in [-0.15, -0.1) is 0 Å². The summed E-state index contributed by atoms with van der Waals surface area (Å²) in [5.41, 5.74) is 5.84. The van der Waals surface area contributed by atoms with Crippen molar-refractivity contribution in [3.63, 3.8) is 0 Å². The smallest absolute Gasteiger partial charge is 0.326 e. The maximum absolute atomic E-state index is 12.6. The Balaban J connectivity index is 2.36. The molecule has 7 nitrogen and oxygen atoms in total. The van der Waals surface area contributed by atoms with Crippen LogP contribution in [0.15, 0.2) is 36.4 Å². The van der Waals surface area contributed by atoms with Crippen LogP contribution in [0.25, 0.3) is 10.9 Å². The van der Waals surface area contributed by atoms with E-state index in [0.29, 0.717) is 5.52 Å². The standard InChI is InChI=1S/C16H17N3O4/c1-2-19(13(16(22)23)9-14(17)20)15(21)12-8-7-10-5-3-4-6-11(10)18-12/h3-8,13H,2,9H2,1H3,(H2,17,20)(H,22,23)/t13-/m0/s1. The molecule has 1 aromatic heterocycles. The van der Waals surface area contributed by atoms with Gasteiger partial charge in [-0.05, 0) is 19.1 Å². The lowest BCUT2D eigenvalue weighted by molar-refractivity contribution is -0.144. The molecule has 0 aliphatic rings. The summed E-state index contributed by atoms with van der Waals surface area (Å²) in [5.74, 6) is -2.61. The van der Waals surface area contributed by atoms with E-state index in [4.69, 9.17) is 5.73 Å². The Kier molecular flexibility index (Phi) is 4.90. The quantitative estimate of drug-likeness (QED) is 0.826. The molecule has 3 N–H and O–H groups in total. The second-order valence-electron chi connectivity index (χ2n) is 5.00. The van der Waals surface area contributed by atoms with Gasteiger partial charge in [0.1, 0.15) is 11.7 Å². The van der Waals surface area contributed by atoms with Crippen LogP contribution in [0.2, 0.25) is 0 Å². The molecule has 1 atom stereocenters. The zero-order chi connectivity index (χ0) is 17.0. The average molecular weight is 315 g/mol. The topological polar surface area (TPSA) is 114 Å². The van der Waals surface area contributed by atoms with Gasteiger partial charge in [-0.3, -0.25) is 9.59 Å². The summed E-state index contributed by atoms with van der Waals surface area (Å²) in [6, 6.07) is 9.26. The summed E-state index contributed by atoms with van der Waals surface area (Å²) in [7, 11) is 0. The summed E-state index contributed by atoms with van der Waals surface area (Å²) in [6.45, 7) is 1.76. The first-order valence-electron chi connectivity index (χ1n) is 7.12. The lowest BCUT2D eigenvalue weighted by Gasteiger charge is -2.26. The summed E-state index contributed by atoms with van der Waals surface area (Å²) >= 11 is 0. The molecule has 1 aromatic carbocycles. The number of rotatable bonds is 6. The molecule has 2 amide bonds. The fraction of sp³-hybridized carbons (Fsp3) is 0.250. The number of fused-ring (bicyclic) bond motifs is 1. The lowest BCUT2D eigenvalue weighted by atomic mass is 10.1. The first kappa shape index (κ1) is 16.4. The number of carboxylic acid groups (broad SMARTS) is 1. The number of aromatic nitrogens is 1. The third-order valence-corrected chi connectivity index (χ3v) is 3.47. The predicted molar refractivity (Wildman–Crippen MR) is 83.7 cm³/mol. The predicted octanol–water partition coefficient (Wildman–Crippen LogP) is 1.03. The van der Waals surface area contributed by atoms with E-state index < -0.39 is 30.2 Å². The summed E-state index contributed by atoms with van der Waals surface area (Å²) in [6.07, 6.45) is -0.442. The van der Waals surface area contributed by atoms with E-state index in [2.05, 4.69) is 4.98 Å². The van der Waals surface area contributed by atoms with Crippen molar-refractivity contribution >= 4 is 28.7 Å². The number of benzene rings is 1. The van der Waals surface area contributed by atoms with Crippen molar-refractivity contribution in [3.05, 3.63) is 42.1 Å². The van der Waals surface area contributed by atoms with E-state index >= 15 is 0 Å². The van der Waals surface area contributed by atoms with Crippen LogP contribution < -0.4 is 5.73 Å². The molecule has 0 fully saturated rings.